The number of ketones is 1. The normalized spacial score (nSPS) is 10.6. The third-order valence-corrected chi connectivity index (χ3v) is 4.31. The molecule has 0 saturated carbocycles. The predicted octanol–water partition coefficient (Wildman–Crippen LogP) is 4.40. The van der Waals surface area contributed by atoms with Crippen molar-refractivity contribution in [1.82, 2.24) is 9.97 Å². The Balaban J connectivity index is 2.10. The Hall–Kier alpha value is -2.70. The summed E-state index contributed by atoms with van der Waals surface area (Å²) in [4.78, 5) is 32.5. The third-order valence-electron chi connectivity index (χ3n) is 3.74. The standard InChI is InChI=1S/C18H13Cl2N3O3/c1-9(24)14-5-3-10-11(4-6-15(26-2)16(10)22-14)18(25)23-17-12(19)7-21-8-13(17)20/h3-8H,1-2H3,(H,21,23,25). The lowest BCUT2D eigenvalue weighted by Crippen LogP contribution is -2.14. The Morgan fingerprint density at radius 2 is 1.77 bits per heavy atom. The van der Waals surface area contributed by atoms with E-state index in [1.807, 2.05) is 0 Å². The van der Waals surface area contributed by atoms with Gasteiger partial charge in [-0.05, 0) is 24.3 Å². The maximum Gasteiger partial charge on any atom is 0.256 e. The first kappa shape index (κ1) is 18.1. The molecule has 2 aromatic heterocycles. The highest BCUT2D eigenvalue weighted by Crippen LogP contribution is 2.31. The second-order valence-corrected chi connectivity index (χ2v) is 6.21. The molecule has 6 nitrogen and oxygen atoms in total. The van der Waals surface area contributed by atoms with E-state index >= 15 is 0 Å². The Kier molecular flexibility index (Phi) is 5.06. The number of benzene rings is 1. The number of amides is 1. The number of hydrogen-bond acceptors (Lipinski definition) is 5. The summed E-state index contributed by atoms with van der Waals surface area (Å²) in [6.45, 7) is 1.42. The van der Waals surface area contributed by atoms with Crippen LogP contribution in [0.3, 0.4) is 0 Å². The van der Waals surface area contributed by atoms with Gasteiger partial charge >= 0.3 is 0 Å². The molecule has 0 bridgehead atoms. The largest absolute Gasteiger partial charge is 0.494 e. The van der Waals surface area contributed by atoms with Crippen LogP contribution in [0.2, 0.25) is 10.0 Å². The first-order valence-electron chi connectivity index (χ1n) is 7.51. The molecule has 0 aliphatic rings. The Bertz CT molecular complexity index is 1020. The van der Waals surface area contributed by atoms with Crippen molar-refractivity contribution in [3.8, 4) is 5.75 Å². The number of carbonyl (C=O) groups excluding carboxylic acids is 2. The van der Waals surface area contributed by atoms with Gasteiger partial charge in [-0.2, -0.15) is 0 Å². The molecule has 1 amide bonds. The van der Waals surface area contributed by atoms with E-state index in [0.717, 1.165) is 0 Å². The van der Waals surface area contributed by atoms with Gasteiger partial charge in [0.2, 0.25) is 0 Å². The van der Waals surface area contributed by atoms with Gasteiger partial charge in [-0.15, -0.1) is 0 Å². The van der Waals surface area contributed by atoms with Crippen LogP contribution in [0.5, 0.6) is 5.75 Å². The summed E-state index contributed by atoms with van der Waals surface area (Å²) < 4.78 is 5.30. The van der Waals surface area contributed by atoms with Gasteiger partial charge in [0, 0.05) is 30.3 Å². The molecular weight excluding hydrogens is 377 g/mol. The minimum Gasteiger partial charge on any atom is -0.494 e. The van der Waals surface area contributed by atoms with Crippen molar-refractivity contribution in [3.63, 3.8) is 0 Å². The molecule has 132 valence electrons. The summed E-state index contributed by atoms with van der Waals surface area (Å²) in [5, 5.41) is 3.66. The van der Waals surface area contributed by atoms with Crippen LogP contribution >= 0.6 is 23.2 Å². The summed E-state index contributed by atoms with van der Waals surface area (Å²) >= 11 is 12.1. The molecule has 1 N–H and O–H groups in total. The molecule has 1 aromatic carbocycles. The zero-order chi connectivity index (χ0) is 18.8. The minimum atomic E-state index is -0.426. The molecular formula is C18H13Cl2N3O3. The predicted molar refractivity (Wildman–Crippen MR) is 101 cm³/mol. The van der Waals surface area contributed by atoms with Gasteiger partial charge in [0.15, 0.2) is 5.78 Å². The highest BCUT2D eigenvalue weighted by atomic mass is 35.5. The molecule has 0 atom stereocenters. The van der Waals surface area contributed by atoms with Gasteiger partial charge in [-0.3, -0.25) is 14.6 Å². The van der Waals surface area contributed by atoms with E-state index in [9.17, 15) is 9.59 Å². The SMILES string of the molecule is COc1ccc(C(=O)Nc2c(Cl)cncc2Cl)c2ccc(C(C)=O)nc12. The topological polar surface area (TPSA) is 81.2 Å². The summed E-state index contributed by atoms with van der Waals surface area (Å²) in [5.41, 5.74) is 1.31. The monoisotopic (exact) mass is 389 g/mol. The van der Waals surface area contributed by atoms with Crippen molar-refractivity contribution in [1.29, 1.82) is 0 Å². The van der Waals surface area contributed by atoms with Crippen LogP contribution < -0.4 is 10.1 Å². The number of aromatic nitrogens is 2. The van der Waals surface area contributed by atoms with Crippen molar-refractivity contribution >= 4 is 51.5 Å². The van der Waals surface area contributed by atoms with Crippen LogP contribution in [0.15, 0.2) is 36.7 Å². The number of halogens is 2. The number of nitrogens with zero attached hydrogens (tertiary/aromatic N) is 2. The van der Waals surface area contributed by atoms with Crippen LogP contribution in [-0.4, -0.2) is 28.8 Å². The first-order valence-corrected chi connectivity index (χ1v) is 8.27. The Morgan fingerprint density at radius 1 is 1.08 bits per heavy atom. The van der Waals surface area contributed by atoms with E-state index in [1.54, 1.807) is 24.3 Å². The molecule has 3 aromatic rings. The van der Waals surface area contributed by atoms with E-state index in [1.165, 1.54) is 26.4 Å². The number of Topliss-reactive ketones (excluding diaryl/α,β-unsaturated/α-hetero) is 1. The van der Waals surface area contributed by atoms with Crippen molar-refractivity contribution < 1.29 is 14.3 Å². The van der Waals surface area contributed by atoms with Crippen LogP contribution in [0, 0.1) is 0 Å². The summed E-state index contributed by atoms with van der Waals surface area (Å²) in [7, 11) is 1.49. The number of ether oxygens (including phenoxy) is 1. The van der Waals surface area contributed by atoms with Crippen molar-refractivity contribution in [3.05, 3.63) is 58.0 Å². The lowest BCUT2D eigenvalue weighted by atomic mass is 10.1. The zero-order valence-corrected chi connectivity index (χ0v) is 15.4. The highest BCUT2D eigenvalue weighted by Gasteiger charge is 2.17. The Labute approximate surface area is 159 Å². The van der Waals surface area contributed by atoms with Gasteiger partial charge in [0.25, 0.3) is 5.91 Å². The van der Waals surface area contributed by atoms with Gasteiger partial charge in [-0.25, -0.2) is 4.98 Å². The van der Waals surface area contributed by atoms with E-state index < -0.39 is 5.91 Å². The second kappa shape index (κ2) is 7.27. The summed E-state index contributed by atoms with van der Waals surface area (Å²) in [6.07, 6.45) is 2.77. The lowest BCUT2D eigenvalue weighted by Gasteiger charge is -2.12. The van der Waals surface area contributed by atoms with E-state index in [4.69, 9.17) is 27.9 Å². The molecule has 0 unspecified atom stereocenters. The van der Waals surface area contributed by atoms with Crippen LogP contribution in [0.1, 0.15) is 27.8 Å². The number of carbonyl (C=O) groups is 2. The molecule has 0 fully saturated rings. The van der Waals surface area contributed by atoms with Gasteiger partial charge in [0.05, 0.1) is 22.8 Å². The number of rotatable bonds is 4. The van der Waals surface area contributed by atoms with Gasteiger partial charge in [0.1, 0.15) is 17.0 Å². The fourth-order valence-electron chi connectivity index (χ4n) is 2.46. The van der Waals surface area contributed by atoms with E-state index in [2.05, 4.69) is 15.3 Å². The molecule has 8 heteroatoms. The highest BCUT2D eigenvalue weighted by molar-refractivity contribution is 6.39. The zero-order valence-electron chi connectivity index (χ0n) is 13.8. The van der Waals surface area contributed by atoms with Gasteiger partial charge < -0.3 is 10.1 Å². The molecule has 2 heterocycles. The van der Waals surface area contributed by atoms with Crippen LogP contribution in [0.25, 0.3) is 10.9 Å². The molecule has 0 radical (unpaired) electrons. The number of pyridine rings is 2. The Morgan fingerprint density at radius 3 is 2.38 bits per heavy atom. The fourth-order valence-corrected chi connectivity index (χ4v) is 2.92. The third kappa shape index (κ3) is 3.34. The maximum absolute atomic E-state index is 12.8. The number of nitrogens with one attached hydrogen (secondary N) is 1. The summed E-state index contributed by atoms with van der Waals surface area (Å²) in [5.74, 6) is -0.149. The molecule has 0 spiro atoms. The number of hydrogen-bond donors (Lipinski definition) is 1. The van der Waals surface area contributed by atoms with Crippen LogP contribution in [0.4, 0.5) is 5.69 Å². The second-order valence-electron chi connectivity index (χ2n) is 5.40. The quantitative estimate of drug-likeness (QED) is 0.668. The van der Waals surface area contributed by atoms with Crippen LogP contribution in [-0.2, 0) is 0 Å². The average molecular weight is 390 g/mol. The first-order chi connectivity index (χ1) is 12.4. The maximum atomic E-state index is 12.8. The number of methoxy groups -OCH3 is 1. The summed E-state index contributed by atoms with van der Waals surface area (Å²) in [6, 6.07) is 6.44. The minimum absolute atomic E-state index is 0.181. The number of anilines is 1. The lowest BCUT2D eigenvalue weighted by molar-refractivity contribution is 0.101. The molecule has 0 aliphatic heterocycles. The van der Waals surface area contributed by atoms with Crippen molar-refractivity contribution in [2.45, 2.75) is 6.92 Å². The van der Waals surface area contributed by atoms with Gasteiger partial charge in [-0.1, -0.05) is 23.2 Å². The van der Waals surface area contributed by atoms with Crippen molar-refractivity contribution in [2.24, 2.45) is 0 Å². The van der Waals surface area contributed by atoms with Crippen molar-refractivity contribution in [2.75, 3.05) is 12.4 Å². The number of fused-ring (bicyclic) bond motifs is 1. The van der Waals surface area contributed by atoms with E-state index in [-0.39, 0.29) is 27.2 Å². The molecule has 26 heavy (non-hydrogen) atoms. The smallest absolute Gasteiger partial charge is 0.256 e. The molecule has 3 rings (SSSR count). The molecule has 0 aliphatic carbocycles. The fraction of sp³-hybridized carbons (Fsp3) is 0.111. The molecule has 0 saturated heterocycles. The van der Waals surface area contributed by atoms with E-state index in [0.29, 0.717) is 22.2 Å². The average Bonchev–Trinajstić information content (AvgIpc) is 2.63.